The SMILES string of the molecule is C[C@H](NS(=O)(=O)c1ccc(F)cc1)C(=O)Nc1nc2ccccc2[nH]1. The Balaban J connectivity index is 1.70. The molecule has 0 bridgehead atoms. The van der Waals surface area contributed by atoms with Crippen LogP contribution in [-0.2, 0) is 14.8 Å². The summed E-state index contributed by atoms with van der Waals surface area (Å²) in [6.07, 6.45) is 0. The van der Waals surface area contributed by atoms with E-state index in [1.165, 1.54) is 6.92 Å². The molecule has 0 saturated heterocycles. The van der Waals surface area contributed by atoms with Crippen LogP contribution in [0.5, 0.6) is 0 Å². The zero-order chi connectivity index (χ0) is 18.0. The molecule has 1 atom stereocenters. The lowest BCUT2D eigenvalue weighted by molar-refractivity contribution is -0.117. The first-order valence-corrected chi connectivity index (χ1v) is 8.87. The van der Waals surface area contributed by atoms with Gasteiger partial charge in [-0.2, -0.15) is 4.72 Å². The van der Waals surface area contributed by atoms with E-state index in [0.29, 0.717) is 5.52 Å². The van der Waals surface area contributed by atoms with Crippen molar-refractivity contribution in [2.24, 2.45) is 0 Å². The summed E-state index contributed by atoms with van der Waals surface area (Å²) in [7, 11) is -3.95. The number of anilines is 1. The van der Waals surface area contributed by atoms with Crippen molar-refractivity contribution in [1.82, 2.24) is 14.7 Å². The third kappa shape index (κ3) is 3.83. The maximum Gasteiger partial charge on any atom is 0.244 e. The zero-order valence-electron chi connectivity index (χ0n) is 13.2. The zero-order valence-corrected chi connectivity index (χ0v) is 14.0. The summed E-state index contributed by atoms with van der Waals surface area (Å²) in [5.41, 5.74) is 1.43. The molecule has 0 aliphatic carbocycles. The van der Waals surface area contributed by atoms with E-state index >= 15 is 0 Å². The number of nitrogens with zero attached hydrogens (tertiary/aromatic N) is 1. The van der Waals surface area contributed by atoms with E-state index < -0.39 is 27.8 Å². The molecule has 0 fully saturated rings. The summed E-state index contributed by atoms with van der Waals surface area (Å²) in [4.78, 5) is 19.2. The Morgan fingerprint density at radius 2 is 1.84 bits per heavy atom. The molecule has 0 unspecified atom stereocenters. The molecule has 1 heterocycles. The molecule has 0 aliphatic rings. The molecule has 9 heteroatoms. The maximum atomic E-state index is 12.9. The number of fused-ring (bicyclic) bond motifs is 1. The number of imidazole rings is 1. The average Bonchev–Trinajstić information content (AvgIpc) is 2.97. The highest BCUT2D eigenvalue weighted by molar-refractivity contribution is 7.89. The molecular weight excluding hydrogens is 347 g/mol. The number of carbonyl (C=O) groups is 1. The monoisotopic (exact) mass is 362 g/mol. The van der Waals surface area contributed by atoms with Crippen molar-refractivity contribution < 1.29 is 17.6 Å². The minimum Gasteiger partial charge on any atom is -0.324 e. The molecule has 3 N–H and O–H groups in total. The van der Waals surface area contributed by atoms with Crippen molar-refractivity contribution in [3.63, 3.8) is 0 Å². The van der Waals surface area contributed by atoms with Crippen LogP contribution < -0.4 is 10.0 Å². The number of hydrogen-bond donors (Lipinski definition) is 3. The second-order valence-corrected chi connectivity index (χ2v) is 7.10. The molecule has 25 heavy (non-hydrogen) atoms. The average molecular weight is 362 g/mol. The number of para-hydroxylation sites is 2. The normalized spacial score (nSPS) is 12.9. The number of aromatic amines is 1. The third-order valence-electron chi connectivity index (χ3n) is 3.48. The van der Waals surface area contributed by atoms with Gasteiger partial charge in [0.1, 0.15) is 5.82 Å². The Kier molecular flexibility index (Phi) is 4.51. The van der Waals surface area contributed by atoms with Crippen LogP contribution in [0.1, 0.15) is 6.92 Å². The molecular formula is C16H15FN4O3S. The van der Waals surface area contributed by atoms with Gasteiger partial charge in [-0.05, 0) is 43.3 Å². The number of halogens is 1. The van der Waals surface area contributed by atoms with Gasteiger partial charge < -0.3 is 4.98 Å². The van der Waals surface area contributed by atoms with Crippen LogP contribution in [0, 0.1) is 5.82 Å². The Hall–Kier alpha value is -2.78. The number of nitrogens with one attached hydrogen (secondary N) is 3. The summed E-state index contributed by atoms with van der Waals surface area (Å²) >= 11 is 0. The van der Waals surface area contributed by atoms with Gasteiger partial charge in [-0.25, -0.2) is 17.8 Å². The topological polar surface area (TPSA) is 104 Å². The highest BCUT2D eigenvalue weighted by Gasteiger charge is 2.22. The summed E-state index contributed by atoms with van der Waals surface area (Å²) < 4.78 is 39.6. The van der Waals surface area contributed by atoms with Crippen LogP contribution in [0.15, 0.2) is 53.4 Å². The number of carbonyl (C=O) groups excluding carboxylic acids is 1. The standard InChI is InChI=1S/C16H15FN4O3S/c1-10(21-25(23,24)12-8-6-11(17)7-9-12)15(22)20-16-18-13-4-2-3-5-14(13)19-16/h2-10,21H,1H3,(H2,18,19,20,22)/t10-/m0/s1. The largest absolute Gasteiger partial charge is 0.324 e. The number of hydrogen-bond acceptors (Lipinski definition) is 4. The van der Waals surface area contributed by atoms with Gasteiger partial charge in [-0.1, -0.05) is 12.1 Å². The van der Waals surface area contributed by atoms with Gasteiger partial charge in [-0.3, -0.25) is 10.1 Å². The van der Waals surface area contributed by atoms with Gasteiger partial charge in [0.15, 0.2) is 0 Å². The van der Waals surface area contributed by atoms with E-state index in [9.17, 15) is 17.6 Å². The van der Waals surface area contributed by atoms with Crippen LogP contribution in [0.2, 0.25) is 0 Å². The second-order valence-electron chi connectivity index (χ2n) is 5.39. The molecule has 7 nitrogen and oxygen atoms in total. The molecule has 1 amide bonds. The van der Waals surface area contributed by atoms with Crippen LogP contribution in [0.25, 0.3) is 11.0 Å². The Morgan fingerprint density at radius 3 is 2.52 bits per heavy atom. The van der Waals surface area contributed by atoms with Gasteiger partial charge in [-0.15, -0.1) is 0 Å². The highest BCUT2D eigenvalue weighted by atomic mass is 32.2. The number of rotatable bonds is 5. The number of benzene rings is 2. The lowest BCUT2D eigenvalue weighted by atomic mass is 10.3. The van der Waals surface area contributed by atoms with Crippen molar-refractivity contribution in [2.45, 2.75) is 17.9 Å². The molecule has 0 saturated carbocycles. The molecule has 0 spiro atoms. The minimum atomic E-state index is -3.95. The first kappa shape index (κ1) is 17.1. The molecule has 3 aromatic rings. The maximum absolute atomic E-state index is 12.9. The van der Waals surface area contributed by atoms with Crippen LogP contribution in [0.4, 0.5) is 10.3 Å². The van der Waals surface area contributed by atoms with E-state index in [-0.39, 0.29) is 10.8 Å². The van der Waals surface area contributed by atoms with E-state index in [0.717, 1.165) is 29.8 Å². The lowest BCUT2D eigenvalue weighted by Gasteiger charge is -2.13. The Bertz CT molecular complexity index is 982. The molecule has 0 aliphatic heterocycles. The summed E-state index contributed by atoms with van der Waals surface area (Å²) in [5.74, 6) is -0.904. The van der Waals surface area contributed by atoms with Crippen molar-refractivity contribution in [2.75, 3.05) is 5.32 Å². The van der Waals surface area contributed by atoms with Gasteiger partial charge in [0, 0.05) is 0 Å². The van der Waals surface area contributed by atoms with Crippen molar-refractivity contribution in [3.8, 4) is 0 Å². The van der Waals surface area contributed by atoms with E-state index in [1.54, 1.807) is 12.1 Å². The predicted molar refractivity (Wildman–Crippen MR) is 90.9 cm³/mol. The fourth-order valence-corrected chi connectivity index (χ4v) is 3.41. The Labute approximate surface area is 143 Å². The fourth-order valence-electron chi connectivity index (χ4n) is 2.20. The molecule has 2 aromatic carbocycles. The van der Waals surface area contributed by atoms with Gasteiger partial charge in [0.25, 0.3) is 0 Å². The lowest BCUT2D eigenvalue weighted by Crippen LogP contribution is -2.41. The van der Waals surface area contributed by atoms with Gasteiger partial charge in [0.2, 0.25) is 21.9 Å². The molecule has 1 aromatic heterocycles. The quantitative estimate of drug-likeness (QED) is 0.646. The van der Waals surface area contributed by atoms with Gasteiger partial charge >= 0.3 is 0 Å². The van der Waals surface area contributed by atoms with E-state index in [2.05, 4.69) is 20.0 Å². The van der Waals surface area contributed by atoms with Crippen LogP contribution >= 0.6 is 0 Å². The Morgan fingerprint density at radius 1 is 1.16 bits per heavy atom. The van der Waals surface area contributed by atoms with E-state index in [4.69, 9.17) is 0 Å². The predicted octanol–water partition coefficient (Wildman–Crippen LogP) is 2.01. The minimum absolute atomic E-state index is 0.128. The van der Waals surface area contributed by atoms with E-state index in [1.807, 2.05) is 12.1 Å². The summed E-state index contributed by atoms with van der Waals surface area (Å²) in [5, 5.41) is 2.52. The first-order chi connectivity index (χ1) is 11.8. The highest BCUT2D eigenvalue weighted by Crippen LogP contribution is 2.14. The number of aromatic nitrogens is 2. The van der Waals surface area contributed by atoms with Crippen molar-refractivity contribution >= 4 is 32.9 Å². The van der Waals surface area contributed by atoms with Crippen molar-refractivity contribution in [3.05, 3.63) is 54.3 Å². The smallest absolute Gasteiger partial charge is 0.244 e. The van der Waals surface area contributed by atoms with Crippen LogP contribution in [-0.4, -0.2) is 30.3 Å². The summed E-state index contributed by atoms with van der Waals surface area (Å²) in [6.45, 7) is 1.40. The number of H-pyrrole nitrogens is 1. The second kappa shape index (κ2) is 6.61. The molecule has 130 valence electrons. The first-order valence-electron chi connectivity index (χ1n) is 7.39. The third-order valence-corrected chi connectivity index (χ3v) is 5.04. The molecule has 0 radical (unpaired) electrons. The number of sulfonamides is 1. The summed E-state index contributed by atoms with van der Waals surface area (Å²) in [6, 6.07) is 10.5. The van der Waals surface area contributed by atoms with Crippen molar-refractivity contribution in [1.29, 1.82) is 0 Å². The molecule has 3 rings (SSSR count). The fraction of sp³-hybridized carbons (Fsp3) is 0.125. The van der Waals surface area contributed by atoms with Gasteiger partial charge in [0.05, 0.1) is 22.0 Å². The number of amides is 1. The van der Waals surface area contributed by atoms with Crippen LogP contribution in [0.3, 0.4) is 0 Å².